The molecule has 0 spiro atoms. The number of anilines is 1. The summed E-state index contributed by atoms with van der Waals surface area (Å²) in [6, 6.07) is 26.8. The minimum absolute atomic E-state index is 0. The molecule has 38 heavy (non-hydrogen) atoms. The Morgan fingerprint density at radius 2 is 1.61 bits per heavy atom. The molecule has 4 nitrogen and oxygen atoms in total. The van der Waals surface area contributed by atoms with Crippen molar-refractivity contribution in [3.63, 3.8) is 0 Å². The molecule has 3 heterocycles. The highest BCUT2D eigenvalue weighted by Crippen LogP contribution is 2.45. The Kier molecular flexibility index (Phi) is 8.23. The number of thiazole rings is 2. The van der Waals surface area contributed by atoms with Gasteiger partial charge in [0.2, 0.25) is 5.52 Å². The Hall–Kier alpha value is -2.66. The van der Waals surface area contributed by atoms with Crippen LogP contribution in [0.2, 0.25) is 0 Å². The summed E-state index contributed by atoms with van der Waals surface area (Å²) in [7, 11) is 0. The zero-order chi connectivity index (χ0) is 25.4. The van der Waals surface area contributed by atoms with E-state index in [1.165, 1.54) is 20.8 Å². The molecule has 0 aliphatic carbocycles. The van der Waals surface area contributed by atoms with E-state index in [1.54, 1.807) is 34.4 Å². The lowest BCUT2D eigenvalue weighted by molar-refractivity contribution is -0.665. The zero-order valence-electron chi connectivity index (χ0n) is 21.0. The average Bonchev–Trinajstić information content (AvgIpc) is 3.57. The SMILES string of the molecule is CCN1/C(=C/C=c2\s/c(=C\c3sc4ccccc4[n+]3CC)n(-c3ccccc3)c2=O)Sc2ccccc21.[I-]. The topological polar surface area (TPSA) is 29.1 Å². The zero-order valence-corrected chi connectivity index (χ0v) is 25.6. The van der Waals surface area contributed by atoms with Gasteiger partial charge in [-0.1, -0.05) is 65.6 Å². The van der Waals surface area contributed by atoms with E-state index in [2.05, 4.69) is 84.0 Å². The van der Waals surface area contributed by atoms with E-state index in [1.807, 2.05) is 41.0 Å². The highest BCUT2D eigenvalue weighted by molar-refractivity contribution is 8.03. The molecule has 1 aliphatic heterocycles. The monoisotopic (exact) mass is 667 g/mol. The Labute approximate surface area is 250 Å². The van der Waals surface area contributed by atoms with Crippen LogP contribution in [-0.2, 0) is 6.54 Å². The molecule has 0 fully saturated rings. The highest BCUT2D eigenvalue weighted by atomic mass is 127. The summed E-state index contributed by atoms with van der Waals surface area (Å²) in [6.07, 6.45) is 6.24. The van der Waals surface area contributed by atoms with Gasteiger partial charge in [-0.2, -0.15) is 4.57 Å². The number of fused-ring (bicyclic) bond motifs is 2. The van der Waals surface area contributed by atoms with E-state index in [9.17, 15) is 4.79 Å². The molecule has 2 aromatic heterocycles. The maximum Gasteiger partial charge on any atom is 0.273 e. The third-order valence-electron chi connectivity index (χ3n) is 6.39. The summed E-state index contributed by atoms with van der Waals surface area (Å²) >= 11 is 5.05. The summed E-state index contributed by atoms with van der Waals surface area (Å²) in [6.45, 7) is 6.07. The largest absolute Gasteiger partial charge is 1.00 e. The number of hydrogen-bond donors (Lipinski definition) is 0. The maximum absolute atomic E-state index is 13.8. The van der Waals surface area contributed by atoms with E-state index in [0.717, 1.165) is 38.0 Å². The standard InChI is InChI=1S/C30H26N3OS3.HI/c1-3-31-22-14-8-10-16-24(22)35-27(31)19-18-26-30(34)33(21-12-6-5-7-13-21)29(37-26)20-28-32(4-2)23-15-9-11-17-25(23)36-28;/h5-20H,3-4H2,1-2H3;1H/q+1;/p-1/b26-18-,27-19-;. The molecule has 0 N–H and O–H groups in total. The Balaban J connectivity index is 0.00000294. The molecule has 0 atom stereocenters. The average molecular weight is 668 g/mol. The molecular weight excluding hydrogens is 641 g/mol. The number of halogens is 1. The van der Waals surface area contributed by atoms with Gasteiger partial charge in [-0.05, 0) is 56.3 Å². The number of thioether (sulfide) groups is 1. The fourth-order valence-corrected chi connectivity index (χ4v) is 8.03. The summed E-state index contributed by atoms with van der Waals surface area (Å²) in [5, 5.41) is 2.28. The number of allylic oxidation sites excluding steroid dienone is 1. The van der Waals surface area contributed by atoms with Crippen molar-refractivity contribution in [3.05, 3.63) is 115 Å². The van der Waals surface area contributed by atoms with Crippen molar-refractivity contribution < 1.29 is 28.5 Å². The summed E-state index contributed by atoms with van der Waals surface area (Å²) in [5.74, 6) is 0. The van der Waals surface area contributed by atoms with Crippen molar-refractivity contribution in [1.82, 2.24) is 4.57 Å². The fraction of sp³-hybridized carbons (Fsp3) is 0.133. The van der Waals surface area contributed by atoms with Crippen LogP contribution in [0.4, 0.5) is 5.69 Å². The van der Waals surface area contributed by atoms with Crippen LogP contribution >= 0.6 is 34.4 Å². The number of hydrogen-bond acceptors (Lipinski definition) is 5. The summed E-state index contributed by atoms with van der Waals surface area (Å²) in [5.41, 5.74) is 3.34. The molecule has 0 amide bonds. The van der Waals surface area contributed by atoms with Crippen LogP contribution in [0.15, 0.2) is 99.7 Å². The number of aromatic nitrogens is 2. The molecule has 6 rings (SSSR count). The normalized spacial score (nSPS) is 14.9. The number of nitrogens with zero attached hydrogens (tertiary/aromatic N) is 3. The van der Waals surface area contributed by atoms with E-state index in [4.69, 9.17) is 0 Å². The summed E-state index contributed by atoms with van der Waals surface area (Å²) < 4.78 is 7.04. The van der Waals surface area contributed by atoms with Crippen molar-refractivity contribution in [3.8, 4) is 5.69 Å². The Morgan fingerprint density at radius 3 is 2.39 bits per heavy atom. The second-order valence-corrected chi connectivity index (χ2v) is 11.7. The van der Waals surface area contributed by atoms with Crippen LogP contribution in [0, 0.1) is 0 Å². The van der Waals surface area contributed by atoms with Gasteiger partial charge in [-0.25, -0.2) is 0 Å². The molecule has 192 valence electrons. The Bertz CT molecular complexity index is 1820. The van der Waals surface area contributed by atoms with Gasteiger partial charge < -0.3 is 28.9 Å². The van der Waals surface area contributed by atoms with Gasteiger partial charge in [-0.15, -0.1) is 11.3 Å². The van der Waals surface area contributed by atoms with Crippen molar-refractivity contribution in [1.29, 1.82) is 0 Å². The van der Waals surface area contributed by atoms with Crippen molar-refractivity contribution in [2.45, 2.75) is 25.3 Å². The smallest absolute Gasteiger partial charge is 0.273 e. The van der Waals surface area contributed by atoms with Crippen LogP contribution in [0.25, 0.3) is 28.1 Å². The number of aryl methyl sites for hydroxylation is 1. The molecule has 0 bridgehead atoms. The molecule has 0 unspecified atom stereocenters. The van der Waals surface area contributed by atoms with Gasteiger partial charge in [0.25, 0.3) is 10.6 Å². The van der Waals surface area contributed by atoms with E-state index < -0.39 is 0 Å². The Morgan fingerprint density at radius 1 is 0.868 bits per heavy atom. The molecule has 0 saturated heterocycles. The molecule has 8 heteroatoms. The minimum Gasteiger partial charge on any atom is -1.00 e. The predicted octanol–water partition coefficient (Wildman–Crippen LogP) is 2.51. The summed E-state index contributed by atoms with van der Waals surface area (Å²) in [4.78, 5) is 17.3. The second-order valence-electron chi connectivity index (χ2n) is 8.56. The van der Waals surface area contributed by atoms with Crippen LogP contribution < -0.4 is 48.2 Å². The maximum atomic E-state index is 13.8. The first-order chi connectivity index (χ1) is 18.2. The lowest BCUT2D eigenvalue weighted by Gasteiger charge is -2.17. The van der Waals surface area contributed by atoms with Crippen molar-refractivity contribution >= 4 is 62.5 Å². The molecule has 0 radical (unpaired) electrons. The lowest BCUT2D eigenvalue weighted by Crippen LogP contribution is -3.00. The number of benzene rings is 3. The van der Waals surface area contributed by atoms with E-state index in [-0.39, 0.29) is 29.5 Å². The highest BCUT2D eigenvalue weighted by Gasteiger charge is 2.23. The van der Waals surface area contributed by atoms with E-state index in [0.29, 0.717) is 0 Å². The molecule has 5 aromatic rings. The van der Waals surface area contributed by atoms with Crippen LogP contribution in [-0.4, -0.2) is 11.1 Å². The van der Waals surface area contributed by atoms with Gasteiger partial charge in [0, 0.05) is 17.5 Å². The second kappa shape index (κ2) is 11.6. The first-order valence-electron chi connectivity index (χ1n) is 12.3. The first kappa shape index (κ1) is 26.9. The van der Waals surface area contributed by atoms with Crippen molar-refractivity contribution in [2.24, 2.45) is 0 Å². The third kappa shape index (κ3) is 4.90. The van der Waals surface area contributed by atoms with Gasteiger partial charge in [0.1, 0.15) is 15.9 Å². The molecule has 1 aliphatic rings. The van der Waals surface area contributed by atoms with Crippen LogP contribution in [0.1, 0.15) is 18.9 Å². The third-order valence-corrected chi connectivity index (χ3v) is 9.68. The lowest BCUT2D eigenvalue weighted by atomic mass is 10.3. The molecule has 0 saturated carbocycles. The van der Waals surface area contributed by atoms with E-state index >= 15 is 0 Å². The first-order valence-corrected chi connectivity index (χ1v) is 14.8. The predicted molar refractivity (Wildman–Crippen MR) is 158 cm³/mol. The minimum atomic E-state index is 0. The van der Waals surface area contributed by atoms with Gasteiger partial charge in [0.15, 0.2) is 0 Å². The van der Waals surface area contributed by atoms with Gasteiger partial charge in [0.05, 0.1) is 27.0 Å². The van der Waals surface area contributed by atoms with Crippen LogP contribution in [0.3, 0.4) is 0 Å². The number of rotatable bonds is 5. The van der Waals surface area contributed by atoms with Gasteiger partial charge >= 0.3 is 0 Å². The van der Waals surface area contributed by atoms with Crippen LogP contribution in [0.5, 0.6) is 0 Å². The van der Waals surface area contributed by atoms with Crippen molar-refractivity contribution in [2.75, 3.05) is 11.4 Å². The quantitative estimate of drug-likeness (QED) is 0.213. The molecule has 3 aromatic carbocycles. The fourth-order valence-electron chi connectivity index (χ4n) is 4.68. The number of para-hydroxylation sites is 3. The van der Waals surface area contributed by atoms with Gasteiger partial charge in [-0.3, -0.25) is 9.36 Å². The molecular formula is C30H26IN3OS3.